The summed E-state index contributed by atoms with van der Waals surface area (Å²) in [6, 6.07) is 9.88. The van der Waals surface area contributed by atoms with Gasteiger partial charge in [0, 0.05) is 17.5 Å². The van der Waals surface area contributed by atoms with Crippen molar-refractivity contribution in [3.05, 3.63) is 53.1 Å². The molecule has 1 saturated heterocycles. The van der Waals surface area contributed by atoms with E-state index in [0.717, 1.165) is 6.07 Å². The lowest BCUT2D eigenvalue weighted by atomic mass is 9.95. The Bertz CT molecular complexity index is 1090. The fraction of sp³-hybridized carbons (Fsp3) is 0.318. The number of aliphatic hydroxyl groups is 1. The molecule has 1 heterocycles. The lowest BCUT2D eigenvalue weighted by Crippen LogP contribution is -2.37. The number of amides is 1. The highest BCUT2D eigenvalue weighted by Gasteiger charge is 2.35. The third kappa shape index (κ3) is 4.84. The van der Waals surface area contributed by atoms with E-state index in [-0.39, 0.29) is 24.3 Å². The summed E-state index contributed by atoms with van der Waals surface area (Å²) < 4.78 is 43.6. The highest BCUT2D eigenvalue weighted by molar-refractivity contribution is 6.01. The summed E-state index contributed by atoms with van der Waals surface area (Å²) in [5.74, 6) is -1.14. The van der Waals surface area contributed by atoms with Gasteiger partial charge < -0.3 is 19.6 Å². The molecule has 0 aromatic heterocycles. The van der Waals surface area contributed by atoms with Gasteiger partial charge in [-0.3, -0.25) is 4.79 Å². The van der Waals surface area contributed by atoms with Crippen LogP contribution in [0, 0.1) is 18.3 Å². The number of ether oxygens (including phenoxy) is 1. The standard InChI is InChI=1S/C22H20F3N3O4/c1-13-15(10-26)4-3-5-18(13)19-7-6-14(8-20(19)32-22(23,24)25)21(30)28-11-16(27-31-2)9-17(28)12-29/h3-8,17,29H,9,11-12H2,1-2H3/b27-16+. The Balaban J connectivity index is 2.05. The van der Waals surface area contributed by atoms with Gasteiger partial charge in [-0.25, -0.2) is 0 Å². The molecule has 1 fully saturated rings. The van der Waals surface area contributed by atoms with Crippen molar-refractivity contribution in [1.29, 1.82) is 5.26 Å². The van der Waals surface area contributed by atoms with Gasteiger partial charge >= 0.3 is 6.36 Å². The number of carbonyl (C=O) groups is 1. The third-order valence-corrected chi connectivity index (χ3v) is 5.16. The minimum absolute atomic E-state index is 0.0424. The number of halogens is 3. The molecule has 2 aromatic carbocycles. The minimum atomic E-state index is -4.99. The van der Waals surface area contributed by atoms with Gasteiger partial charge in [0.1, 0.15) is 12.9 Å². The Hall–Kier alpha value is -3.58. The van der Waals surface area contributed by atoms with Gasteiger partial charge in [0.15, 0.2) is 0 Å². The number of benzene rings is 2. The molecule has 10 heteroatoms. The first-order valence-corrected chi connectivity index (χ1v) is 9.59. The highest BCUT2D eigenvalue weighted by Crippen LogP contribution is 2.37. The maximum Gasteiger partial charge on any atom is 0.573 e. The van der Waals surface area contributed by atoms with Crippen molar-refractivity contribution in [3.8, 4) is 22.9 Å². The molecule has 1 aliphatic heterocycles. The zero-order chi connectivity index (χ0) is 23.5. The van der Waals surface area contributed by atoms with Gasteiger partial charge in [0.25, 0.3) is 5.91 Å². The molecule has 0 spiro atoms. The van der Waals surface area contributed by atoms with Gasteiger partial charge in [-0.05, 0) is 42.3 Å². The molecule has 1 unspecified atom stereocenters. The summed E-state index contributed by atoms with van der Waals surface area (Å²) >= 11 is 0. The van der Waals surface area contributed by atoms with Crippen molar-refractivity contribution in [3.63, 3.8) is 0 Å². The van der Waals surface area contributed by atoms with Crippen molar-refractivity contribution in [2.24, 2.45) is 5.16 Å². The van der Waals surface area contributed by atoms with E-state index < -0.39 is 24.1 Å². The number of alkyl halides is 3. The van der Waals surface area contributed by atoms with E-state index in [9.17, 15) is 28.3 Å². The summed E-state index contributed by atoms with van der Waals surface area (Å²) in [6.07, 6.45) is -4.70. The molecule has 1 N–H and O–H groups in total. The maximum atomic E-state index is 13.1. The molecule has 3 rings (SSSR count). The number of oxime groups is 1. The van der Waals surface area contributed by atoms with Crippen LogP contribution in [-0.2, 0) is 4.84 Å². The molecule has 32 heavy (non-hydrogen) atoms. The van der Waals surface area contributed by atoms with Crippen molar-refractivity contribution in [1.82, 2.24) is 4.90 Å². The number of nitrogens with zero attached hydrogens (tertiary/aromatic N) is 3. The first kappa shape index (κ1) is 23.1. The summed E-state index contributed by atoms with van der Waals surface area (Å²) in [4.78, 5) is 19.1. The zero-order valence-corrected chi connectivity index (χ0v) is 17.3. The molecule has 1 atom stereocenters. The molecule has 1 amide bonds. The summed E-state index contributed by atoms with van der Waals surface area (Å²) in [7, 11) is 1.36. The molecule has 0 saturated carbocycles. The van der Waals surface area contributed by atoms with Crippen LogP contribution in [0.1, 0.15) is 27.9 Å². The fourth-order valence-corrected chi connectivity index (χ4v) is 3.67. The predicted octanol–water partition coefficient (Wildman–Crippen LogP) is 3.64. The van der Waals surface area contributed by atoms with Crippen molar-refractivity contribution in [2.45, 2.75) is 25.7 Å². The number of hydrogen-bond acceptors (Lipinski definition) is 6. The lowest BCUT2D eigenvalue weighted by Gasteiger charge is -2.23. The second kappa shape index (κ2) is 9.28. The molecule has 168 valence electrons. The van der Waals surface area contributed by atoms with Crippen LogP contribution < -0.4 is 4.74 Å². The van der Waals surface area contributed by atoms with Crippen LogP contribution in [-0.4, -0.2) is 54.3 Å². The van der Waals surface area contributed by atoms with Crippen molar-refractivity contribution < 1.29 is 32.6 Å². The first-order chi connectivity index (χ1) is 15.2. The quantitative estimate of drug-likeness (QED) is 0.707. The van der Waals surface area contributed by atoms with Gasteiger partial charge in [-0.1, -0.05) is 17.3 Å². The molecular formula is C22H20F3N3O4. The Labute approximate surface area is 182 Å². The van der Waals surface area contributed by atoms with Crippen LogP contribution >= 0.6 is 0 Å². The van der Waals surface area contributed by atoms with E-state index in [1.165, 1.54) is 24.1 Å². The maximum absolute atomic E-state index is 13.1. The number of carbonyl (C=O) groups excluding carboxylic acids is 1. The van der Waals surface area contributed by atoms with Crippen LogP contribution in [0.25, 0.3) is 11.1 Å². The van der Waals surface area contributed by atoms with Crippen LogP contribution in [0.15, 0.2) is 41.6 Å². The second-order valence-corrected chi connectivity index (χ2v) is 7.16. The molecule has 2 aromatic rings. The average molecular weight is 447 g/mol. The monoisotopic (exact) mass is 447 g/mol. The van der Waals surface area contributed by atoms with Gasteiger partial charge in [0.2, 0.25) is 0 Å². The van der Waals surface area contributed by atoms with Crippen molar-refractivity contribution >= 4 is 11.6 Å². The summed E-state index contributed by atoms with van der Waals surface area (Å²) in [5.41, 5.74) is 1.77. The largest absolute Gasteiger partial charge is 0.573 e. The smallest absolute Gasteiger partial charge is 0.405 e. The Kier molecular flexibility index (Phi) is 6.69. The van der Waals surface area contributed by atoms with Crippen LogP contribution in [0.3, 0.4) is 0 Å². The third-order valence-electron chi connectivity index (χ3n) is 5.16. The normalized spacial score (nSPS) is 17.3. The highest BCUT2D eigenvalue weighted by atomic mass is 19.4. The van der Waals surface area contributed by atoms with Gasteiger partial charge in [-0.2, -0.15) is 5.26 Å². The van der Waals surface area contributed by atoms with Crippen LogP contribution in [0.5, 0.6) is 5.75 Å². The SMILES string of the molecule is CO/N=C1\CC(CO)N(C(=O)c2ccc(-c3cccc(C#N)c3C)c(OC(F)(F)F)c2)C1. The average Bonchev–Trinajstić information content (AvgIpc) is 3.16. The van der Waals surface area contributed by atoms with E-state index >= 15 is 0 Å². The molecule has 0 aliphatic carbocycles. The van der Waals surface area contributed by atoms with Crippen LogP contribution in [0.4, 0.5) is 13.2 Å². The molecular weight excluding hydrogens is 427 g/mol. The molecule has 0 radical (unpaired) electrons. The number of rotatable bonds is 5. The molecule has 0 bridgehead atoms. The predicted molar refractivity (Wildman–Crippen MR) is 109 cm³/mol. The van der Waals surface area contributed by atoms with E-state index in [2.05, 4.69) is 9.89 Å². The second-order valence-electron chi connectivity index (χ2n) is 7.16. The molecule has 7 nitrogen and oxygen atoms in total. The Morgan fingerprint density at radius 1 is 1.31 bits per heavy atom. The Morgan fingerprint density at radius 2 is 2.06 bits per heavy atom. The number of likely N-dealkylation sites (tertiary alicyclic amines) is 1. The number of nitriles is 1. The number of aliphatic hydroxyl groups excluding tert-OH is 1. The summed E-state index contributed by atoms with van der Waals surface area (Å²) in [6.45, 7) is 1.37. The Morgan fingerprint density at radius 3 is 2.69 bits per heavy atom. The first-order valence-electron chi connectivity index (χ1n) is 9.59. The molecule has 1 aliphatic rings. The lowest BCUT2D eigenvalue weighted by molar-refractivity contribution is -0.274. The summed E-state index contributed by atoms with van der Waals surface area (Å²) in [5, 5.41) is 22.7. The van der Waals surface area contributed by atoms with E-state index in [1.54, 1.807) is 25.1 Å². The van der Waals surface area contributed by atoms with E-state index in [0.29, 0.717) is 28.8 Å². The van der Waals surface area contributed by atoms with Crippen molar-refractivity contribution in [2.75, 3.05) is 20.3 Å². The van der Waals surface area contributed by atoms with Gasteiger partial charge in [-0.15, -0.1) is 13.2 Å². The zero-order valence-electron chi connectivity index (χ0n) is 17.3. The van der Waals surface area contributed by atoms with Gasteiger partial charge in [0.05, 0.1) is 36.5 Å². The van der Waals surface area contributed by atoms with E-state index in [4.69, 9.17) is 4.84 Å². The van der Waals surface area contributed by atoms with Crippen LogP contribution in [0.2, 0.25) is 0 Å². The minimum Gasteiger partial charge on any atom is -0.405 e. The van der Waals surface area contributed by atoms with E-state index in [1.807, 2.05) is 6.07 Å². The number of hydrogen-bond donors (Lipinski definition) is 1. The topological polar surface area (TPSA) is 95.2 Å². The fourth-order valence-electron chi connectivity index (χ4n) is 3.67.